The van der Waals surface area contributed by atoms with Crippen molar-refractivity contribution in [2.75, 3.05) is 0 Å². The molecule has 0 unspecified atom stereocenters. The Balaban J connectivity index is 2.38. The molecule has 0 bridgehead atoms. The summed E-state index contributed by atoms with van der Waals surface area (Å²) in [4.78, 5) is 32.6. The number of aliphatic carboxylic acids is 2. The van der Waals surface area contributed by atoms with Crippen molar-refractivity contribution in [3.05, 3.63) is 24.2 Å². The number of nitrogens with one attached hydrogen (secondary N) is 2. The fraction of sp³-hybridized carbons (Fsp3) is 0.364. The van der Waals surface area contributed by atoms with Gasteiger partial charge in [0, 0.05) is 6.42 Å². The summed E-state index contributed by atoms with van der Waals surface area (Å²) in [5.41, 5.74) is 0. The molecule has 4 N–H and O–H groups in total. The number of carboxylic acids is 2. The van der Waals surface area contributed by atoms with Crippen LogP contribution in [0.1, 0.15) is 18.6 Å². The van der Waals surface area contributed by atoms with Crippen LogP contribution in [0.15, 0.2) is 22.8 Å². The largest absolute Gasteiger partial charge is 0.481 e. The third-order valence-corrected chi connectivity index (χ3v) is 2.25. The van der Waals surface area contributed by atoms with E-state index < -0.39 is 24.0 Å². The Hall–Kier alpha value is -2.51. The Morgan fingerprint density at radius 1 is 1.32 bits per heavy atom. The van der Waals surface area contributed by atoms with Crippen LogP contribution in [-0.2, 0) is 16.1 Å². The summed E-state index contributed by atoms with van der Waals surface area (Å²) < 4.78 is 4.98. The highest BCUT2D eigenvalue weighted by atomic mass is 16.4. The second kappa shape index (κ2) is 7.04. The first kappa shape index (κ1) is 14.6. The van der Waals surface area contributed by atoms with Crippen LogP contribution < -0.4 is 10.6 Å². The number of furan rings is 1. The van der Waals surface area contributed by atoms with Crippen LogP contribution in [-0.4, -0.2) is 34.2 Å². The lowest BCUT2D eigenvalue weighted by Gasteiger charge is -2.13. The normalized spacial score (nSPS) is 11.6. The van der Waals surface area contributed by atoms with Gasteiger partial charge >= 0.3 is 18.0 Å². The number of amides is 2. The van der Waals surface area contributed by atoms with E-state index in [0.29, 0.717) is 5.76 Å². The van der Waals surface area contributed by atoms with E-state index in [0.717, 1.165) is 0 Å². The Morgan fingerprint density at radius 2 is 2.05 bits per heavy atom. The van der Waals surface area contributed by atoms with Crippen LogP contribution in [0.25, 0.3) is 0 Å². The summed E-state index contributed by atoms with van der Waals surface area (Å²) in [6, 6.07) is 1.36. The van der Waals surface area contributed by atoms with Crippen LogP contribution >= 0.6 is 0 Å². The second-order valence-corrected chi connectivity index (χ2v) is 3.73. The Kier molecular flexibility index (Phi) is 5.39. The maximum Gasteiger partial charge on any atom is 0.326 e. The fourth-order valence-electron chi connectivity index (χ4n) is 1.32. The third kappa shape index (κ3) is 5.57. The zero-order valence-corrected chi connectivity index (χ0v) is 9.96. The summed E-state index contributed by atoms with van der Waals surface area (Å²) in [6.45, 7) is 0.115. The summed E-state index contributed by atoms with van der Waals surface area (Å²) >= 11 is 0. The molecule has 0 saturated heterocycles. The summed E-state index contributed by atoms with van der Waals surface area (Å²) in [7, 11) is 0. The van der Waals surface area contributed by atoms with Crippen LogP contribution in [0.4, 0.5) is 4.79 Å². The minimum atomic E-state index is -1.28. The predicted octanol–water partition coefficient (Wildman–Crippen LogP) is 0.397. The molecule has 1 atom stereocenters. The van der Waals surface area contributed by atoms with E-state index in [-0.39, 0.29) is 19.4 Å². The molecule has 0 saturated carbocycles. The SMILES string of the molecule is O=C(O)CC[C@H](NC(=O)NCc1ccco1)C(=O)O. The Bertz CT molecular complexity index is 442. The molecule has 1 aromatic heterocycles. The van der Waals surface area contributed by atoms with E-state index in [1.54, 1.807) is 12.1 Å². The summed E-state index contributed by atoms with van der Waals surface area (Å²) in [6.07, 6.45) is 0.927. The zero-order chi connectivity index (χ0) is 14.3. The molecule has 0 aliphatic rings. The Morgan fingerprint density at radius 3 is 2.58 bits per heavy atom. The first-order chi connectivity index (χ1) is 8.99. The van der Waals surface area contributed by atoms with Gasteiger partial charge in [0.2, 0.25) is 0 Å². The van der Waals surface area contributed by atoms with E-state index in [1.165, 1.54) is 6.26 Å². The van der Waals surface area contributed by atoms with Gasteiger partial charge in [0.25, 0.3) is 0 Å². The highest BCUT2D eigenvalue weighted by Gasteiger charge is 2.20. The second-order valence-electron chi connectivity index (χ2n) is 3.73. The zero-order valence-electron chi connectivity index (χ0n) is 9.96. The molecule has 1 rings (SSSR count). The van der Waals surface area contributed by atoms with Gasteiger partial charge in [-0.3, -0.25) is 4.79 Å². The molecular formula is C11H14N2O6. The van der Waals surface area contributed by atoms with Gasteiger partial charge in [-0.2, -0.15) is 0 Å². The monoisotopic (exact) mass is 270 g/mol. The van der Waals surface area contributed by atoms with Gasteiger partial charge in [0.05, 0.1) is 12.8 Å². The average molecular weight is 270 g/mol. The van der Waals surface area contributed by atoms with Crippen molar-refractivity contribution in [3.63, 3.8) is 0 Å². The number of carboxylic acid groups (broad SMARTS) is 2. The molecule has 0 radical (unpaired) electrons. The molecule has 19 heavy (non-hydrogen) atoms. The molecule has 0 spiro atoms. The van der Waals surface area contributed by atoms with Gasteiger partial charge in [-0.15, -0.1) is 0 Å². The molecular weight excluding hydrogens is 256 g/mol. The van der Waals surface area contributed by atoms with Crippen LogP contribution in [0.3, 0.4) is 0 Å². The van der Waals surface area contributed by atoms with Gasteiger partial charge in [0.15, 0.2) is 0 Å². The average Bonchev–Trinajstić information content (AvgIpc) is 2.84. The highest BCUT2D eigenvalue weighted by molar-refractivity contribution is 5.82. The van der Waals surface area contributed by atoms with Crippen molar-refractivity contribution in [1.82, 2.24) is 10.6 Å². The topological polar surface area (TPSA) is 129 Å². The van der Waals surface area contributed by atoms with Crippen molar-refractivity contribution in [1.29, 1.82) is 0 Å². The quantitative estimate of drug-likeness (QED) is 0.567. The number of carbonyl (C=O) groups excluding carboxylic acids is 1. The first-order valence-corrected chi connectivity index (χ1v) is 5.50. The molecule has 0 aliphatic carbocycles. The molecule has 8 nitrogen and oxygen atoms in total. The van der Waals surface area contributed by atoms with Crippen molar-refractivity contribution >= 4 is 18.0 Å². The minimum absolute atomic E-state index is 0.115. The lowest BCUT2D eigenvalue weighted by Crippen LogP contribution is -2.45. The highest BCUT2D eigenvalue weighted by Crippen LogP contribution is 2.00. The summed E-state index contributed by atoms with van der Waals surface area (Å²) in [5.74, 6) is -1.88. The molecule has 1 heterocycles. The maximum absolute atomic E-state index is 11.4. The lowest BCUT2D eigenvalue weighted by atomic mass is 10.1. The number of urea groups is 1. The molecule has 0 aliphatic heterocycles. The molecule has 2 amide bonds. The van der Waals surface area contributed by atoms with Crippen molar-refractivity contribution in [2.45, 2.75) is 25.4 Å². The summed E-state index contributed by atoms with van der Waals surface area (Å²) in [5, 5.41) is 21.9. The molecule has 0 aromatic carbocycles. The predicted molar refractivity (Wildman–Crippen MR) is 62.4 cm³/mol. The molecule has 1 aromatic rings. The molecule has 8 heteroatoms. The lowest BCUT2D eigenvalue weighted by molar-refractivity contribution is -0.140. The standard InChI is InChI=1S/C11H14N2O6/c14-9(15)4-3-8(10(16)17)13-11(18)12-6-7-2-1-5-19-7/h1-2,5,8H,3-4,6H2,(H,14,15)(H,16,17)(H2,12,13,18)/t8-/m0/s1. The number of hydrogen-bond acceptors (Lipinski definition) is 4. The van der Waals surface area contributed by atoms with Gasteiger partial charge in [-0.1, -0.05) is 0 Å². The number of rotatable bonds is 7. The smallest absolute Gasteiger partial charge is 0.326 e. The fourth-order valence-corrected chi connectivity index (χ4v) is 1.32. The number of hydrogen-bond donors (Lipinski definition) is 4. The molecule has 104 valence electrons. The minimum Gasteiger partial charge on any atom is -0.481 e. The van der Waals surface area contributed by atoms with E-state index in [4.69, 9.17) is 14.6 Å². The van der Waals surface area contributed by atoms with Crippen LogP contribution in [0, 0.1) is 0 Å². The van der Waals surface area contributed by atoms with Crippen molar-refractivity contribution in [2.24, 2.45) is 0 Å². The van der Waals surface area contributed by atoms with Crippen molar-refractivity contribution in [3.8, 4) is 0 Å². The van der Waals surface area contributed by atoms with Gasteiger partial charge < -0.3 is 25.3 Å². The first-order valence-electron chi connectivity index (χ1n) is 5.50. The van der Waals surface area contributed by atoms with Crippen LogP contribution in [0.5, 0.6) is 0 Å². The maximum atomic E-state index is 11.4. The Labute approximate surface area is 108 Å². The van der Waals surface area contributed by atoms with E-state index in [2.05, 4.69) is 10.6 Å². The van der Waals surface area contributed by atoms with Crippen molar-refractivity contribution < 1.29 is 29.0 Å². The molecule has 0 fully saturated rings. The van der Waals surface area contributed by atoms with Gasteiger partial charge in [0.1, 0.15) is 11.8 Å². The van der Waals surface area contributed by atoms with Gasteiger partial charge in [-0.05, 0) is 18.6 Å². The van der Waals surface area contributed by atoms with Gasteiger partial charge in [-0.25, -0.2) is 9.59 Å². The third-order valence-electron chi connectivity index (χ3n) is 2.25. The van der Waals surface area contributed by atoms with E-state index in [9.17, 15) is 14.4 Å². The van der Waals surface area contributed by atoms with Crippen LogP contribution in [0.2, 0.25) is 0 Å². The van der Waals surface area contributed by atoms with E-state index >= 15 is 0 Å². The number of carbonyl (C=O) groups is 3. The van der Waals surface area contributed by atoms with E-state index in [1.807, 2.05) is 0 Å².